The number of nitrogens with zero attached hydrogens (tertiary/aromatic N) is 2. The molecule has 112 valence electrons. The highest BCUT2D eigenvalue weighted by Gasteiger charge is 2.33. The molecule has 0 heterocycles. The van der Waals surface area contributed by atoms with Crippen molar-refractivity contribution in [1.82, 2.24) is 5.32 Å². The van der Waals surface area contributed by atoms with E-state index >= 15 is 0 Å². The number of nitriles is 1. The van der Waals surface area contributed by atoms with Gasteiger partial charge >= 0.3 is 5.69 Å². The molecule has 1 N–H and O–H groups in total. The van der Waals surface area contributed by atoms with E-state index in [1.54, 1.807) is 6.92 Å². The first-order valence-electron chi connectivity index (χ1n) is 6.61. The molecule has 7 heteroatoms. The molecule has 0 spiro atoms. The van der Waals surface area contributed by atoms with Gasteiger partial charge in [-0.1, -0.05) is 0 Å². The lowest BCUT2D eigenvalue weighted by Gasteiger charge is -2.23. The summed E-state index contributed by atoms with van der Waals surface area (Å²) in [7, 11) is 1.47. The van der Waals surface area contributed by atoms with Crippen LogP contribution in [0.1, 0.15) is 19.8 Å². The van der Waals surface area contributed by atoms with Gasteiger partial charge in [0.05, 0.1) is 18.1 Å². The van der Waals surface area contributed by atoms with Crippen LogP contribution in [0.3, 0.4) is 0 Å². The zero-order valence-electron chi connectivity index (χ0n) is 12.0. The Morgan fingerprint density at radius 3 is 2.81 bits per heavy atom. The molecular weight excluding hydrogens is 274 g/mol. The Bertz CT molecular complexity index is 580. The number of nitro benzene ring substituents is 1. The van der Waals surface area contributed by atoms with E-state index in [0.717, 1.165) is 12.8 Å². The van der Waals surface area contributed by atoms with Crippen molar-refractivity contribution in [3.05, 3.63) is 28.3 Å². The van der Waals surface area contributed by atoms with Crippen LogP contribution < -0.4 is 14.8 Å². The molecule has 2 rings (SSSR count). The number of nitrogens with one attached hydrogen (secondary N) is 1. The van der Waals surface area contributed by atoms with Crippen molar-refractivity contribution in [2.45, 2.75) is 31.3 Å². The number of hydrogen-bond donors (Lipinski definition) is 1. The van der Waals surface area contributed by atoms with Gasteiger partial charge in [-0.2, -0.15) is 5.26 Å². The third-order valence-corrected chi connectivity index (χ3v) is 3.23. The van der Waals surface area contributed by atoms with E-state index in [0.29, 0.717) is 11.8 Å². The lowest BCUT2D eigenvalue weighted by Crippen LogP contribution is -2.47. The molecule has 1 saturated carbocycles. The maximum Gasteiger partial charge on any atom is 0.311 e. The Kier molecular flexibility index (Phi) is 4.29. The van der Waals surface area contributed by atoms with Gasteiger partial charge in [0, 0.05) is 18.2 Å². The molecule has 0 radical (unpaired) electrons. The van der Waals surface area contributed by atoms with Crippen LogP contribution in [0.25, 0.3) is 0 Å². The van der Waals surface area contributed by atoms with Crippen molar-refractivity contribution >= 4 is 5.69 Å². The monoisotopic (exact) mass is 291 g/mol. The van der Waals surface area contributed by atoms with E-state index < -0.39 is 10.5 Å². The van der Waals surface area contributed by atoms with E-state index in [4.69, 9.17) is 9.47 Å². The molecule has 1 aliphatic rings. The highest BCUT2D eigenvalue weighted by molar-refractivity contribution is 5.50. The Hall–Kier alpha value is -2.33. The first-order valence-corrected chi connectivity index (χ1v) is 6.61. The minimum absolute atomic E-state index is 0.0218. The van der Waals surface area contributed by atoms with E-state index in [1.165, 1.54) is 25.3 Å². The second-order valence-electron chi connectivity index (χ2n) is 5.24. The van der Waals surface area contributed by atoms with Crippen LogP contribution in [-0.2, 0) is 0 Å². The zero-order chi connectivity index (χ0) is 15.5. The third kappa shape index (κ3) is 3.83. The van der Waals surface area contributed by atoms with Crippen LogP contribution in [0.15, 0.2) is 18.2 Å². The molecular formula is C14H17N3O4. The van der Waals surface area contributed by atoms with Crippen molar-refractivity contribution in [3.63, 3.8) is 0 Å². The lowest BCUT2D eigenvalue weighted by molar-refractivity contribution is -0.385. The van der Waals surface area contributed by atoms with Gasteiger partial charge in [0.25, 0.3) is 0 Å². The number of rotatable bonds is 7. The van der Waals surface area contributed by atoms with E-state index in [-0.39, 0.29) is 18.0 Å². The fourth-order valence-corrected chi connectivity index (χ4v) is 1.89. The molecule has 21 heavy (non-hydrogen) atoms. The molecule has 0 saturated heterocycles. The van der Waals surface area contributed by atoms with Crippen molar-refractivity contribution < 1.29 is 14.4 Å². The summed E-state index contributed by atoms with van der Waals surface area (Å²) in [5.41, 5.74) is -1.03. The molecule has 0 amide bonds. The summed E-state index contributed by atoms with van der Waals surface area (Å²) in [4.78, 5) is 10.5. The standard InChI is InChI=1S/C14H17N3O4/c1-14(8-15,16-10-3-4-10)9-21-13-7-11(20-2)5-6-12(13)17(18)19/h5-7,10,16H,3-4,9H2,1-2H3. The van der Waals surface area contributed by atoms with Crippen molar-refractivity contribution in [1.29, 1.82) is 5.26 Å². The molecule has 1 aromatic rings. The van der Waals surface area contributed by atoms with Gasteiger partial charge in [-0.3, -0.25) is 15.4 Å². The second kappa shape index (κ2) is 5.97. The summed E-state index contributed by atoms with van der Waals surface area (Å²) >= 11 is 0. The van der Waals surface area contributed by atoms with Gasteiger partial charge in [-0.25, -0.2) is 0 Å². The number of methoxy groups -OCH3 is 1. The molecule has 7 nitrogen and oxygen atoms in total. The summed E-state index contributed by atoms with van der Waals surface area (Å²) < 4.78 is 10.6. The summed E-state index contributed by atoms with van der Waals surface area (Å²) in [6.07, 6.45) is 2.08. The minimum atomic E-state index is -0.877. The molecule has 1 unspecified atom stereocenters. The Balaban J connectivity index is 2.13. The van der Waals surface area contributed by atoms with Gasteiger partial charge in [0.2, 0.25) is 5.75 Å². The molecule has 0 aliphatic heterocycles. The van der Waals surface area contributed by atoms with Gasteiger partial charge in [0.1, 0.15) is 17.9 Å². The maximum absolute atomic E-state index is 11.0. The van der Waals surface area contributed by atoms with Gasteiger partial charge in [0.15, 0.2) is 0 Å². The quantitative estimate of drug-likeness (QED) is 0.609. The average Bonchev–Trinajstić information content (AvgIpc) is 3.28. The Morgan fingerprint density at radius 2 is 2.29 bits per heavy atom. The number of ether oxygens (including phenoxy) is 2. The van der Waals surface area contributed by atoms with Crippen LogP contribution >= 0.6 is 0 Å². The second-order valence-corrected chi connectivity index (χ2v) is 5.24. The van der Waals surface area contributed by atoms with Gasteiger partial charge in [-0.05, 0) is 25.8 Å². The largest absolute Gasteiger partial charge is 0.497 e. The number of hydrogen-bond acceptors (Lipinski definition) is 6. The van der Waals surface area contributed by atoms with Crippen molar-refractivity contribution in [2.24, 2.45) is 0 Å². The van der Waals surface area contributed by atoms with E-state index in [2.05, 4.69) is 11.4 Å². The predicted octanol–water partition coefficient (Wildman–Crippen LogP) is 2.02. The smallest absolute Gasteiger partial charge is 0.311 e. The average molecular weight is 291 g/mol. The fraction of sp³-hybridized carbons (Fsp3) is 0.500. The summed E-state index contributed by atoms with van der Waals surface area (Å²) in [5, 5.41) is 23.5. The maximum atomic E-state index is 11.0. The summed E-state index contributed by atoms with van der Waals surface area (Å²) in [6, 6.07) is 6.77. The van der Waals surface area contributed by atoms with Crippen molar-refractivity contribution in [2.75, 3.05) is 13.7 Å². The molecule has 0 aromatic heterocycles. The Morgan fingerprint density at radius 1 is 1.57 bits per heavy atom. The molecule has 1 aromatic carbocycles. The van der Waals surface area contributed by atoms with E-state index in [1.807, 2.05) is 0 Å². The van der Waals surface area contributed by atoms with E-state index in [9.17, 15) is 15.4 Å². The first-order chi connectivity index (χ1) is 9.97. The summed E-state index contributed by atoms with van der Waals surface area (Å²) in [5.74, 6) is 0.558. The molecule has 1 fully saturated rings. The van der Waals surface area contributed by atoms with Gasteiger partial charge < -0.3 is 9.47 Å². The lowest BCUT2D eigenvalue weighted by atomic mass is 10.1. The molecule has 1 aliphatic carbocycles. The molecule has 0 bridgehead atoms. The normalized spacial score (nSPS) is 16.6. The highest BCUT2D eigenvalue weighted by atomic mass is 16.6. The number of benzene rings is 1. The van der Waals surface area contributed by atoms with Crippen LogP contribution in [0.4, 0.5) is 5.69 Å². The van der Waals surface area contributed by atoms with Crippen LogP contribution in [-0.4, -0.2) is 30.2 Å². The topological polar surface area (TPSA) is 97.4 Å². The van der Waals surface area contributed by atoms with Crippen LogP contribution in [0.2, 0.25) is 0 Å². The first kappa shape index (κ1) is 15.1. The predicted molar refractivity (Wildman–Crippen MR) is 75.3 cm³/mol. The SMILES string of the molecule is COc1ccc([N+](=O)[O-])c(OCC(C)(C#N)NC2CC2)c1. The van der Waals surface area contributed by atoms with Crippen LogP contribution in [0, 0.1) is 21.4 Å². The Labute approximate surface area is 122 Å². The minimum Gasteiger partial charge on any atom is -0.497 e. The molecule has 1 atom stereocenters. The third-order valence-electron chi connectivity index (χ3n) is 3.23. The zero-order valence-corrected chi connectivity index (χ0v) is 12.0. The number of nitro groups is 1. The highest BCUT2D eigenvalue weighted by Crippen LogP contribution is 2.32. The van der Waals surface area contributed by atoms with Crippen LogP contribution in [0.5, 0.6) is 11.5 Å². The fourth-order valence-electron chi connectivity index (χ4n) is 1.89. The van der Waals surface area contributed by atoms with Crippen molar-refractivity contribution in [3.8, 4) is 17.6 Å². The van der Waals surface area contributed by atoms with Gasteiger partial charge in [-0.15, -0.1) is 0 Å². The summed E-state index contributed by atoms with van der Waals surface area (Å²) in [6.45, 7) is 1.74.